The van der Waals surface area contributed by atoms with E-state index in [2.05, 4.69) is 6.07 Å². The van der Waals surface area contributed by atoms with Crippen LogP contribution in [0.3, 0.4) is 0 Å². The van der Waals surface area contributed by atoms with E-state index in [9.17, 15) is 5.11 Å². The van der Waals surface area contributed by atoms with Crippen LogP contribution in [0.25, 0.3) is 0 Å². The van der Waals surface area contributed by atoms with E-state index in [4.69, 9.17) is 9.47 Å². The highest BCUT2D eigenvalue weighted by atomic mass is 16.5. The van der Waals surface area contributed by atoms with Gasteiger partial charge in [0.1, 0.15) is 5.75 Å². The maximum atomic E-state index is 11.4. The van der Waals surface area contributed by atoms with Crippen molar-refractivity contribution in [2.45, 2.75) is 56.1 Å². The Bertz CT molecular complexity index is 549. The summed E-state index contributed by atoms with van der Waals surface area (Å²) in [6, 6.07) is 6.16. The Morgan fingerprint density at radius 2 is 2.14 bits per heavy atom. The van der Waals surface area contributed by atoms with Gasteiger partial charge in [-0.2, -0.15) is 0 Å². The van der Waals surface area contributed by atoms with E-state index in [1.165, 1.54) is 24.8 Å². The molecule has 114 valence electrons. The normalized spacial score (nSPS) is 33.5. The van der Waals surface area contributed by atoms with Crippen LogP contribution in [0.1, 0.15) is 49.7 Å². The maximum Gasteiger partial charge on any atom is 0.119 e. The maximum absolute atomic E-state index is 11.4. The molecule has 1 spiro atoms. The van der Waals surface area contributed by atoms with Crippen molar-refractivity contribution in [1.82, 2.24) is 0 Å². The predicted octanol–water partition coefficient (Wildman–Crippen LogP) is 3.18. The van der Waals surface area contributed by atoms with Crippen LogP contribution in [0.15, 0.2) is 18.2 Å². The number of hydrogen-bond acceptors (Lipinski definition) is 3. The Labute approximate surface area is 126 Å². The highest BCUT2D eigenvalue weighted by Gasteiger charge is 2.51. The molecule has 0 aromatic heterocycles. The first-order valence-electron chi connectivity index (χ1n) is 8.19. The molecule has 2 aliphatic carbocycles. The molecular formula is C18H24O3. The molecule has 1 saturated carbocycles. The van der Waals surface area contributed by atoms with E-state index in [0.29, 0.717) is 5.92 Å². The summed E-state index contributed by atoms with van der Waals surface area (Å²) < 4.78 is 11.4. The van der Waals surface area contributed by atoms with Crippen LogP contribution in [0.5, 0.6) is 5.75 Å². The topological polar surface area (TPSA) is 38.7 Å². The third-order valence-corrected chi connectivity index (χ3v) is 5.99. The summed E-state index contributed by atoms with van der Waals surface area (Å²) in [5, 5.41) is 11.4. The van der Waals surface area contributed by atoms with E-state index < -0.39 is 5.60 Å². The van der Waals surface area contributed by atoms with E-state index in [0.717, 1.165) is 43.6 Å². The number of aliphatic hydroxyl groups is 1. The SMILES string of the molecule is COc1ccc2c(c1)C(O)(C1CCOC3(CCC3)C1)CC2. The number of ether oxygens (including phenoxy) is 2. The van der Waals surface area contributed by atoms with Gasteiger partial charge < -0.3 is 14.6 Å². The molecule has 1 aromatic rings. The van der Waals surface area contributed by atoms with Gasteiger partial charge in [-0.15, -0.1) is 0 Å². The lowest BCUT2D eigenvalue weighted by atomic mass is 9.66. The second kappa shape index (κ2) is 4.72. The van der Waals surface area contributed by atoms with Gasteiger partial charge in [0.15, 0.2) is 0 Å². The van der Waals surface area contributed by atoms with Crippen LogP contribution >= 0.6 is 0 Å². The van der Waals surface area contributed by atoms with Crippen molar-refractivity contribution in [2.75, 3.05) is 13.7 Å². The standard InChI is InChI=1S/C18H24O3/c1-20-15-4-3-13-5-9-18(19,16(13)11-15)14-6-10-21-17(12-14)7-2-8-17/h3-4,11,14,19H,2,5-10,12H2,1H3. The van der Waals surface area contributed by atoms with Gasteiger partial charge >= 0.3 is 0 Å². The van der Waals surface area contributed by atoms with E-state index in [-0.39, 0.29) is 5.60 Å². The quantitative estimate of drug-likeness (QED) is 0.908. The average Bonchev–Trinajstić information content (AvgIpc) is 2.84. The van der Waals surface area contributed by atoms with Crippen molar-refractivity contribution in [3.8, 4) is 5.75 Å². The highest BCUT2D eigenvalue weighted by Crippen LogP contribution is 2.52. The van der Waals surface area contributed by atoms with Crippen LogP contribution in [0.2, 0.25) is 0 Å². The van der Waals surface area contributed by atoms with Gasteiger partial charge in [-0.3, -0.25) is 0 Å². The van der Waals surface area contributed by atoms with Gasteiger partial charge in [-0.1, -0.05) is 6.07 Å². The third kappa shape index (κ3) is 2.01. The first-order chi connectivity index (χ1) is 10.2. The first kappa shape index (κ1) is 13.6. The van der Waals surface area contributed by atoms with Crippen molar-refractivity contribution >= 4 is 0 Å². The van der Waals surface area contributed by atoms with Crippen LogP contribution in [0.4, 0.5) is 0 Å². The van der Waals surface area contributed by atoms with Crippen LogP contribution in [0, 0.1) is 5.92 Å². The zero-order valence-corrected chi connectivity index (χ0v) is 12.7. The van der Waals surface area contributed by atoms with E-state index in [1.807, 2.05) is 12.1 Å². The Morgan fingerprint density at radius 1 is 1.29 bits per heavy atom. The zero-order valence-electron chi connectivity index (χ0n) is 12.7. The Balaban J connectivity index is 1.66. The van der Waals surface area contributed by atoms with E-state index >= 15 is 0 Å². The summed E-state index contributed by atoms with van der Waals surface area (Å²) in [5.74, 6) is 1.17. The predicted molar refractivity (Wildman–Crippen MR) is 80.5 cm³/mol. The van der Waals surface area contributed by atoms with Gasteiger partial charge in [0.05, 0.1) is 18.3 Å². The fraction of sp³-hybridized carbons (Fsp3) is 0.667. The highest BCUT2D eigenvalue weighted by molar-refractivity contribution is 5.43. The van der Waals surface area contributed by atoms with Gasteiger partial charge in [-0.05, 0) is 74.1 Å². The Hall–Kier alpha value is -1.06. The monoisotopic (exact) mass is 288 g/mol. The lowest BCUT2D eigenvalue weighted by molar-refractivity contribution is -0.177. The molecule has 0 bridgehead atoms. The number of rotatable bonds is 2. The second-order valence-electron chi connectivity index (χ2n) is 7.02. The van der Waals surface area contributed by atoms with Gasteiger partial charge in [0.25, 0.3) is 0 Å². The summed E-state index contributed by atoms with van der Waals surface area (Å²) in [5.41, 5.74) is 1.78. The third-order valence-electron chi connectivity index (χ3n) is 5.99. The molecule has 2 atom stereocenters. The van der Waals surface area contributed by atoms with Crippen molar-refractivity contribution in [2.24, 2.45) is 5.92 Å². The molecule has 4 rings (SSSR count). The summed E-state index contributed by atoms with van der Waals surface area (Å²) in [7, 11) is 1.69. The molecule has 3 heteroatoms. The van der Waals surface area contributed by atoms with Gasteiger partial charge in [-0.25, -0.2) is 0 Å². The molecule has 2 unspecified atom stereocenters. The van der Waals surface area contributed by atoms with Crippen molar-refractivity contribution in [1.29, 1.82) is 0 Å². The minimum atomic E-state index is -0.684. The van der Waals surface area contributed by atoms with Crippen molar-refractivity contribution < 1.29 is 14.6 Å². The van der Waals surface area contributed by atoms with Crippen LogP contribution < -0.4 is 4.74 Å². The second-order valence-corrected chi connectivity index (χ2v) is 7.02. The Morgan fingerprint density at radius 3 is 2.86 bits per heavy atom. The molecule has 1 heterocycles. The fourth-order valence-electron chi connectivity index (χ4n) is 4.54. The number of methoxy groups -OCH3 is 1. The molecule has 0 amide bonds. The number of hydrogen-bond donors (Lipinski definition) is 1. The van der Waals surface area contributed by atoms with Crippen LogP contribution in [-0.2, 0) is 16.8 Å². The lowest BCUT2D eigenvalue weighted by Gasteiger charge is -2.50. The molecule has 21 heavy (non-hydrogen) atoms. The van der Waals surface area contributed by atoms with Gasteiger partial charge in [0.2, 0.25) is 0 Å². The number of fused-ring (bicyclic) bond motifs is 1. The van der Waals surface area contributed by atoms with E-state index in [1.54, 1.807) is 7.11 Å². The summed E-state index contributed by atoms with van der Waals surface area (Å²) in [4.78, 5) is 0. The summed E-state index contributed by atoms with van der Waals surface area (Å²) >= 11 is 0. The molecule has 1 saturated heterocycles. The zero-order chi connectivity index (χ0) is 14.5. The molecule has 3 aliphatic rings. The molecule has 1 aliphatic heterocycles. The average molecular weight is 288 g/mol. The van der Waals surface area contributed by atoms with Gasteiger partial charge in [0, 0.05) is 6.61 Å². The summed E-state index contributed by atoms with van der Waals surface area (Å²) in [6.45, 7) is 0.798. The minimum Gasteiger partial charge on any atom is -0.497 e. The Kier molecular flexibility index (Phi) is 3.05. The number of benzene rings is 1. The lowest BCUT2D eigenvalue weighted by Crippen LogP contribution is -2.50. The molecule has 1 N–H and O–H groups in total. The smallest absolute Gasteiger partial charge is 0.119 e. The molecule has 1 aromatic carbocycles. The molecular weight excluding hydrogens is 264 g/mol. The molecule has 2 fully saturated rings. The van der Waals surface area contributed by atoms with Crippen molar-refractivity contribution in [3.63, 3.8) is 0 Å². The molecule has 0 radical (unpaired) electrons. The first-order valence-corrected chi connectivity index (χ1v) is 8.19. The van der Waals surface area contributed by atoms with Crippen LogP contribution in [-0.4, -0.2) is 24.4 Å². The largest absolute Gasteiger partial charge is 0.497 e. The minimum absolute atomic E-state index is 0.0836. The molecule has 3 nitrogen and oxygen atoms in total. The number of aryl methyl sites for hydroxylation is 1. The van der Waals surface area contributed by atoms with Crippen molar-refractivity contribution in [3.05, 3.63) is 29.3 Å². The fourth-order valence-corrected chi connectivity index (χ4v) is 4.54. The summed E-state index contributed by atoms with van der Waals surface area (Å²) in [6.07, 6.45) is 7.41.